The first-order valence-corrected chi connectivity index (χ1v) is 4.84. The first kappa shape index (κ1) is 7.63. The Morgan fingerprint density at radius 2 is 2.18 bits per heavy atom. The van der Waals surface area contributed by atoms with Crippen molar-refractivity contribution in [2.45, 2.75) is 31.1 Å². The van der Waals surface area contributed by atoms with Gasteiger partial charge in [-0.15, -0.1) is 11.6 Å². The number of hydrogen-bond donors (Lipinski definition) is 1. The molecule has 0 spiro atoms. The normalized spacial score (nSPS) is 31.9. The molecule has 0 amide bonds. The quantitative estimate of drug-likeness (QED) is 0.435. The fourth-order valence-corrected chi connectivity index (χ4v) is 2.29. The van der Waals surface area contributed by atoms with Gasteiger partial charge in [-0.1, -0.05) is 11.1 Å². The van der Waals surface area contributed by atoms with E-state index in [0.717, 1.165) is 13.0 Å². The molecule has 1 atom stereocenters. The lowest BCUT2D eigenvalue weighted by atomic mass is 9.87. The van der Waals surface area contributed by atoms with E-state index in [2.05, 4.69) is 5.32 Å². The molecule has 0 saturated heterocycles. The summed E-state index contributed by atoms with van der Waals surface area (Å²) in [5.74, 6) is 0. The Morgan fingerprint density at radius 3 is 3.09 bits per heavy atom. The molecule has 1 nitrogen and oxygen atoms in total. The summed E-state index contributed by atoms with van der Waals surface area (Å²) >= 11 is 6.07. The van der Waals surface area contributed by atoms with Crippen molar-refractivity contribution in [3.05, 3.63) is 11.1 Å². The van der Waals surface area contributed by atoms with E-state index < -0.39 is 0 Å². The Labute approximate surface area is 72.8 Å². The average molecular weight is 172 g/mol. The van der Waals surface area contributed by atoms with Gasteiger partial charge in [-0.2, -0.15) is 0 Å². The maximum Gasteiger partial charge on any atom is 0.0376 e. The van der Waals surface area contributed by atoms with Gasteiger partial charge in [-0.05, 0) is 32.2 Å². The van der Waals surface area contributed by atoms with Crippen molar-refractivity contribution in [3.63, 3.8) is 0 Å². The van der Waals surface area contributed by atoms with Gasteiger partial charge in [0, 0.05) is 11.9 Å². The number of alkyl halides is 1. The van der Waals surface area contributed by atoms with E-state index in [1.165, 1.54) is 25.8 Å². The highest BCUT2D eigenvalue weighted by Crippen LogP contribution is 2.31. The minimum atomic E-state index is 0.411. The zero-order valence-corrected chi connectivity index (χ0v) is 7.45. The zero-order chi connectivity index (χ0) is 7.68. The molecule has 0 aromatic rings. The zero-order valence-electron chi connectivity index (χ0n) is 6.70. The van der Waals surface area contributed by atoms with Gasteiger partial charge in [0.2, 0.25) is 0 Å². The third kappa shape index (κ3) is 1.60. The van der Waals surface area contributed by atoms with Crippen LogP contribution in [0.5, 0.6) is 0 Å². The molecule has 1 unspecified atom stereocenters. The molecule has 0 radical (unpaired) electrons. The molecule has 2 heteroatoms. The van der Waals surface area contributed by atoms with Crippen LogP contribution in [0.4, 0.5) is 0 Å². The molecular formula is C9H14ClN. The Kier molecular flexibility index (Phi) is 2.19. The number of rotatable bonds is 0. The largest absolute Gasteiger partial charge is 0.313 e. The fraction of sp³-hybridized carbons (Fsp3) is 0.778. The van der Waals surface area contributed by atoms with Crippen LogP contribution in [0.25, 0.3) is 0 Å². The predicted molar refractivity (Wildman–Crippen MR) is 48.0 cm³/mol. The average Bonchev–Trinajstić information content (AvgIpc) is 2.04. The predicted octanol–water partition coefficient (Wildman–Crippen LogP) is 2.07. The maximum atomic E-state index is 6.07. The topological polar surface area (TPSA) is 12.0 Å². The van der Waals surface area contributed by atoms with E-state index in [1.807, 2.05) is 0 Å². The van der Waals surface area contributed by atoms with E-state index in [9.17, 15) is 0 Å². The lowest BCUT2D eigenvalue weighted by Gasteiger charge is -2.27. The summed E-state index contributed by atoms with van der Waals surface area (Å²) in [5, 5.41) is 3.80. The Hall–Kier alpha value is -0.0100. The Bertz CT molecular complexity index is 186. The number of halogens is 1. The molecule has 1 aliphatic heterocycles. The van der Waals surface area contributed by atoms with E-state index in [1.54, 1.807) is 11.1 Å². The van der Waals surface area contributed by atoms with Crippen LogP contribution < -0.4 is 5.32 Å². The summed E-state index contributed by atoms with van der Waals surface area (Å²) in [6.45, 7) is 2.27. The van der Waals surface area contributed by atoms with E-state index in [0.29, 0.717) is 5.38 Å². The molecule has 0 aromatic heterocycles. The number of nitrogens with one attached hydrogen (secondary N) is 1. The van der Waals surface area contributed by atoms with E-state index in [4.69, 9.17) is 11.6 Å². The first-order valence-electron chi connectivity index (χ1n) is 4.41. The van der Waals surface area contributed by atoms with Gasteiger partial charge in [-0.3, -0.25) is 0 Å². The molecule has 1 N–H and O–H groups in total. The monoisotopic (exact) mass is 171 g/mol. The molecule has 0 fully saturated rings. The highest BCUT2D eigenvalue weighted by atomic mass is 35.5. The van der Waals surface area contributed by atoms with Crippen LogP contribution in [0.2, 0.25) is 0 Å². The highest BCUT2D eigenvalue weighted by molar-refractivity contribution is 6.20. The van der Waals surface area contributed by atoms with Gasteiger partial charge in [0.05, 0.1) is 0 Å². The second-order valence-corrected chi connectivity index (χ2v) is 4.09. The molecule has 0 aromatic carbocycles. The van der Waals surface area contributed by atoms with Crippen LogP contribution in [-0.4, -0.2) is 18.5 Å². The Morgan fingerprint density at radius 1 is 1.27 bits per heavy atom. The van der Waals surface area contributed by atoms with Crippen molar-refractivity contribution in [1.29, 1.82) is 0 Å². The van der Waals surface area contributed by atoms with Gasteiger partial charge in [0.15, 0.2) is 0 Å². The van der Waals surface area contributed by atoms with Crippen molar-refractivity contribution in [1.82, 2.24) is 5.32 Å². The smallest absolute Gasteiger partial charge is 0.0376 e. The fourth-order valence-electron chi connectivity index (χ4n) is 2.00. The van der Waals surface area contributed by atoms with Crippen molar-refractivity contribution in [3.8, 4) is 0 Å². The molecule has 1 heterocycles. The van der Waals surface area contributed by atoms with Crippen molar-refractivity contribution >= 4 is 11.6 Å². The van der Waals surface area contributed by atoms with Crippen LogP contribution in [0, 0.1) is 0 Å². The first-order chi connectivity index (χ1) is 5.36. The molecule has 1 aliphatic carbocycles. The molecule has 11 heavy (non-hydrogen) atoms. The molecule has 62 valence electrons. The molecular weight excluding hydrogens is 158 g/mol. The van der Waals surface area contributed by atoms with E-state index in [-0.39, 0.29) is 0 Å². The molecule has 2 rings (SSSR count). The second-order valence-electron chi connectivity index (χ2n) is 3.47. The van der Waals surface area contributed by atoms with Gasteiger partial charge < -0.3 is 5.32 Å². The summed E-state index contributed by atoms with van der Waals surface area (Å²) < 4.78 is 0. The third-order valence-electron chi connectivity index (χ3n) is 2.67. The third-order valence-corrected chi connectivity index (χ3v) is 3.04. The van der Waals surface area contributed by atoms with Crippen molar-refractivity contribution in [2.24, 2.45) is 0 Å². The lowest BCUT2D eigenvalue weighted by molar-refractivity contribution is 0.570. The minimum Gasteiger partial charge on any atom is -0.313 e. The molecule has 2 aliphatic rings. The minimum absolute atomic E-state index is 0.411. The van der Waals surface area contributed by atoms with Crippen LogP contribution in [0.3, 0.4) is 0 Å². The van der Waals surface area contributed by atoms with Crippen molar-refractivity contribution in [2.75, 3.05) is 13.1 Å². The van der Waals surface area contributed by atoms with Crippen LogP contribution in [0.1, 0.15) is 25.7 Å². The summed E-state index contributed by atoms with van der Waals surface area (Å²) in [6.07, 6.45) is 4.84. The van der Waals surface area contributed by atoms with Gasteiger partial charge in [0.1, 0.15) is 0 Å². The second kappa shape index (κ2) is 3.16. The summed E-state index contributed by atoms with van der Waals surface area (Å²) in [6, 6.07) is 0. The van der Waals surface area contributed by atoms with Crippen LogP contribution >= 0.6 is 11.6 Å². The van der Waals surface area contributed by atoms with Gasteiger partial charge >= 0.3 is 0 Å². The van der Waals surface area contributed by atoms with Gasteiger partial charge in [0.25, 0.3) is 0 Å². The van der Waals surface area contributed by atoms with Crippen LogP contribution in [-0.2, 0) is 0 Å². The van der Waals surface area contributed by atoms with Crippen LogP contribution in [0.15, 0.2) is 11.1 Å². The summed E-state index contributed by atoms with van der Waals surface area (Å²) in [7, 11) is 0. The molecule has 0 bridgehead atoms. The van der Waals surface area contributed by atoms with Crippen molar-refractivity contribution < 1.29 is 0 Å². The lowest BCUT2D eigenvalue weighted by Crippen LogP contribution is -2.28. The Balaban J connectivity index is 2.12. The number of hydrogen-bond acceptors (Lipinski definition) is 1. The summed E-state index contributed by atoms with van der Waals surface area (Å²) in [4.78, 5) is 0. The maximum absolute atomic E-state index is 6.07. The highest BCUT2D eigenvalue weighted by Gasteiger charge is 2.20. The van der Waals surface area contributed by atoms with E-state index >= 15 is 0 Å². The summed E-state index contributed by atoms with van der Waals surface area (Å²) in [5.41, 5.74) is 3.29. The van der Waals surface area contributed by atoms with Gasteiger partial charge in [-0.25, -0.2) is 0 Å². The standard InChI is InChI=1S/C9H14ClN/c10-9-2-1-7-3-4-11-6-8(7)5-9/h9,11H,1-6H2. The molecule has 0 saturated carbocycles. The SMILES string of the molecule is ClC1CCC2=C(CNCC2)C1.